The molecule has 20 heavy (non-hydrogen) atoms. The van der Waals surface area contributed by atoms with Crippen molar-refractivity contribution < 1.29 is 9.13 Å². The van der Waals surface area contributed by atoms with Gasteiger partial charge in [0.2, 0.25) is 0 Å². The number of rotatable bonds is 2. The number of halogens is 1. The molecule has 3 heteroatoms. The Morgan fingerprint density at radius 2 is 1.95 bits per heavy atom. The van der Waals surface area contributed by atoms with Crippen LogP contribution in [0.3, 0.4) is 0 Å². The summed E-state index contributed by atoms with van der Waals surface area (Å²) in [7, 11) is 0. The van der Waals surface area contributed by atoms with E-state index in [4.69, 9.17) is 10.5 Å². The van der Waals surface area contributed by atoms with Crippen LogP contribution in [0.5, 0.6) is 5.75 Å². The molecule has 0 heterocycles. The second-order valence-electron chi connectivity index (χ2n) is 7.11. The minimum atomic E-state index is -0.196. The normalized spacial score (nSPS) is 27.4. The van der Waals surface area contributed by atoms with Crippen LogP contribution in [0.2, 0.25) is 0 Å². The van der Waals surface area contributed by atoms with Crippen LogP contribution < -0.4 is 10.5 Å². The van der Waals surface area contributed by atoms with Crippen molar-refractivity contribution in [2.75, 3.05) is 0 Å². The van der Waals surface area contributed by atoms with E-state index in [1.54, 1.807) is 19.1 Å². The topological polar surface area (TPSA) is 35.2 Å². The molecule has 1 aromatic rings. The standard InChI is InChI=1S/C17H26FNO/c1-11-9-13(6-7-14(11)18)20-16-10-12(17(2,3)4)5-8-15(16)19/h6-7,9,12,15-16H,5,8,10,19H2,1-4H3. The van der Waals surface area contributed by atoms with E-state index in [1.165, 1.54) is 6.07 Å². The highest BCUT2D eigenvalue weighted by atomic mass is 19.1. The monoisotopic (exact) mass is 279 g/mol. The highest BCUT2D eigenvalue weighted by Crippen LogP contribution is 2.38. The molecule has 2 N–H and O–H groups in total. The highest BCUT2D eigenvalue weighted by molar-refractivity contribution is 5.29. The van der Waals surface area contributed by atoms with Crippen LogP contribution in [-0.4, -0.2) is 12.1 Å². The van der Waals surface area contributed by atoms with Gasteiger partial charge in [-0.3, -0.25) is 0 Å². The molecule has 1 aromatic carbocycles. The molecule has 1 fully saturated rings. The zero-order valence-electron chi connectivity index (χ0n) is 12.9. The minimum absolute atomic E-state index is 0.0258. The molecule has 3 unspecified atom stereocenters. The van der Waals surface area contributed by atoms with Crippen molar-refractivity contribution in [1.29, 1.82) is 0 Å². The van der Waals surface area contributed by atoms with Gasteiger partial charge in [-0.05, 0) is 61.3 Å². The number of aryl methyl sites for hydroxylation is 1. The lowest BCUT2D eigenvalue weighted by Crippen LogP contribution is -2.46. The fourth-order valence-electron chi connectivity index (χ4n) is 2.94. The average Bonchev–Trinajstić information content (AvgIpc) is 2.35. The second-order valence-corrected chi connectivity index (χ2v) is 7.11. The molecule has 0 spiro atoms. The van der Waals surface area contributed by atoms with Crippen molar-refractivity contribution in [1.82, 2.24) is 0 Å². The molecule has 3 atom stereocenters. The van der Waals surface area contributed by atoms with E-state index < -0.39 is 0 Å². The average molecular weight is 279 g/mol. The van der Waals surface area contributed by atoms with Gasteiger partial charge in [0, 0.05) is 6.04 Å². The molecule has 0 bridgehead atoms. The summed E-state index contributed by atoms with van der Waals surface area (Å²) < 4.78 is 19.3. The first-order valence-corrected chi connectivity index (χ1v) is 7.46. The molecule has 2 nitrogen and oxygen atoms in total. The first kappa shape index (κ1) is 15.3. The molecule has 0 radical (unpaired) electrons. The molecule has 0 aromatic heterocycles. The maximum absolute atomic E-state index is 13.3. The zero-order chi connectivity index (χ0) is 14.9. The summed E-state index contributed by atoms with van der Waals surface area (Å²) >= 11 is 0. The molecular formula is C17H26FNO. The van der Waals surface area contributed by atoms with Gasteiger partial charge in [0.15, 0.2) is 0 Å². The Hall–Kier alpha value is -1.09. The molecule has 2 rings (SSSR count). The quantitative estimate of drug-likeness (QED) is 0.886. The van der Waals surface area contributed by atoms with Gasteiger partial charge >= 0.3 is 0 Å². The number of hydrogen-bond donors (Lipinski definition) is 1. The molecule has 0 amide bonds. The van der Waals surface area contributed by atoms with Gasteiger partial charge in [-0.1, -0.05) is 20.8 Å². The van der Waals surface area contributed by atoms with Crippen molar-refractivity contribution in [2.45, 2.75) is 59.1 Å². The Bertz CT molecular complexity index is 467. The Morgan fingerprint density at radius 3 is 2.55 bits per heavy atom. The number of nitrogens with two attached hydrogens (primary N) is 1. The number of ether oxygens (including phenoxy) is 1. The van der Waals surface area contributed by atoms with E-state index >= 15 is 0 Å². The van der Waals surface area contributed by atoms with Gasteiger partial charge < -0.3 is 10.5 Å². The molecule has 0 saturated heterocycles. The van der Waals surface area contributed by atoms with Crippen LogP contribution >= 0.6 is 0 Å². The SMILES string of the molecule is Cc1cc(OC2CC(C(C)(C)C)CCC2N)ccc1F. The molecule has 1 aliphatic carbocycles. The molecule has 0 aliphatic heterocycles. The third-order valence-corrected chi connectivity index (χ3v) is 4.48. The largest absolute Gasteiger partial charge is 0.489 e. The van der Waals surface area contributed by atoms with Crippen molar-refractivity contribution in [2.24, 2.45) is 17.1 Å². The summed E-state index contributed by atoms with van der Waals surface area (Å²) in [6.07, 6.45) is 3.15. The van der Waals surface area contributed by atoms with E-state index in [0.29, 0.717) is 11.5 Å². The van der Waals surface area contributed by atoms with Crippen LogP contribution in [0.1, 0.15) is 45.6 Å². The summed E-state index contributed by atoms with van der Waals surface area (Å²) in [6, 6.07) is 4.97. The zero-order valence-corrected chi connectivity index (χ0v) is 12.9. The molecular weight excluding hydrogens is 253 g/mol. The molecule has 1 saturated carbocycles. The first-order chi connectivity index (χ1) is 9.27. The third-order valence-electron chi connectivity index (χ3n) is 4.48. The van der Waals surface area contributed by atoms with E-state index in [9.17, 15) is 4.39 Å². The summed E-state index contributed by atoms with van der Waals surface area (Å²) in [5.74, 6) is 1.14. The molecule has 1 aliphatic rings. The van der Waals surface area contributed by atoms with Gasteiger partial charge in [0.25, 0.3) is 0 Å². The Kier molecular flexibility index (Phi) is 4.38. The lowest BCUT2D eigenvalue weighted by molar-refractivity contribution is 0.0591. The van der Waals surface area contributed by atoms with Crippen LogP contribution in [0.4, 0.5) is 4.39 Å². The Balaban J connectivity index is 2.08. The van der Waals surface area contributed by atoms with Crippen molar-refractivity contribution >= 4 is 0 Å². The van der Waals surface area contributed by atoms with Crippen LogP contribution in [0.15, 0.2) is 18.2 Å². The smallest absolute Gasteiger partial charge is 0.126 e. The van der Waals surface area contributed by atoms with Crippen LogP contribution in [0, 0.1) is 24.1 Å². The van der Waals surface area contributed by atoms with Crippen LogP contribution in [0.25, 0.3) is 0 Å². The van der Waals surface area contributed by atoms with Crippen LogP contribution in [-0.2, 0) is 0 Å². The van der Waals surface area contributed by atoms with Gasteiger partial charge in [-0.2, -0.15) is 0 Å². The summed E-state index contributed by atoms with van der Waals surface area (Å²) in [5, 5.41) is 0. The predicted molar refractivity (Wildman–Crippen MR) is 80.3 cm³/mol. The lowest BCUT2D eigenvalue weighted by atomic mass is 9.70. The summed E-state index contributed by atoms with van der Waals surface area (Å²) in [4.78, 5) is 0. The predicted octanol–water partition coefficient (Wildman–Crippen LogP) is 4.06. The van der Waals surface area contributed by atoms with E-state index in [1.807, 2.05) is 0 Å². The van der Waals surface area contributed by atoms with Crippen molar-refractivity contribution in [3.63, 3.8) is 0 Å². The van der Waals surface area contributed by atoms with E-state index in [-0.39, 0.29) is 23.4 Å². The first-order valence-electron chi connectivity index (χ1n) is 7.46. The number of hydrogen-bond acceptors (Lipinski definition) is 2. The Labute approximate surface area is 121 Å². The van der Waals surface area contributed by atoms with Gasteiger partial charge in [-0.15, -0.1) is 0 Å². The minimum Gasteiger partial charge on any atom is -0.489 e. The fraction of sp³-hybridized carbons (Fsp3) is 0.647. The lowest BCUT2D eigenvalue weighted by Gasteiger charge is -2.40. The Morgan fingerprint density at radius 1 is 1.25 bits per heavy atom. The highest BCUT2D eigenvalue weighted by Gasteiger charge is 2.35. The second kappa shape index (κ2) is 5.72. The third kappa shape index (κ3) is 3.51. The maximum Gasteiger partial charge on any atom is 0.126 e. The maximum atomic E-state index is 13.3. The van der Waals surface area contributed by atoms with E-state index in [0.717, 1.165) is 25.0 Å². The van der Waals surface area contributed by atoms with Crippen molar-refractivity contribution in [3.8, 4) is 5.75 Å². The molecule has 112 valence electrons. The van der Waals surface area contributed by atoms with Gasteiger partial charge in [0.1, 0.15) is 17.7 Å². The van der Waals surface area contributed by atoms with E-state index in [2.05, 4.69) is 20.8 Å². The van der Waals surface area contributed by atoms with Gasteiger partial charge in [0.05, 0.1) is 0 Å². The summed E-state index contributed by atoms with van der Waals surface area (Å²) in [5.41, 5.74) is 7.09. The van der Waals surface area contributed by atoms with Gasteiger partial charge in [-0.25, -0.2) is 4.39 Å². The number of benzene rings is 1. The van der Waals surface area contributed by atoms with Crippen molar-refractivity contribution in [3.05, 3.63) is 29.6 Å². The fourth-order valence-corrected chi connectivity index (χ4v) is 2.94. The summed E-state index contributed by atoms with van der Waals surface area (Å²) in [6.45, 7) is 8.57.